The molecule has 230 valence electrons. The number of alkyl halides is 3. The van der Waals surface area contributed by atoms with Gasteiger partial charge in [0.2, 0.25) is 5.95 Å². The number of amides is 2. The Bertz CT molecular complexity index is 1270. The summed E-state index contributed by atoms with van der Waals surface area (Å²) in [5, 5.41) is 5.97. The van der Waals surface area contributed by atoms with Crippen LogP contribution in [-0.2, 0) is 10.9 Å². The van der Waals surface area contributed by atoms with Gasteiger partial charge in [0, 0.05) is 44.0 Å². The van der Waals surface area contributed by atoms with Crippen molar-refractivity contribution >= 4 is 29.5 Å². The maximum atomic E-state index is 13.9. The highest BCUT2D eigenvalue weighted by molar-refractivity contribution is 5.95. The Morgan fingerprint density at radius 3 is 2.29 bits per heavy atom. The van der Waals surface area contributed by atoms with Gasteiger partial charge in [0.05, 0.1) is 12.8 Å². The Hall–Kier alpha value is -3.81. The van der Waals surface area contributed by atoms with Gasteiger partial charge in [0.1, 0.15) is 22.7 Å². The topological polar surface area (TPSA) is 112 Å². The van der Waals surface area contributed by atoms with E-state index < -0.39 is 23.4 Å². The van der Waals surface area contributed by atoms with Crippen molar-refractivity contribution in [3.63, 3.8) is 0 Å². The van der Waals surface area contributed by atoms with E-state index in [0.717, 1.165) is 32.1 Å². The van der Waals surface area contributed by atoms with Crippen molar-refractivity contribution in [2.75, 3.05) is 63.6 Å². The van der Waals surface area contributed by atoms with Gasteiger partial charge in [-0.05, 0) is 71.9 Å². The quantitative estimate of drug-likeness (QED) is 0.511. The van der Waals surface area contributed by atoms with E-state index in [9.17, 15) is 22.8 Å². The van der Waals surface area contributed by atoms with E-state index >= 15 is 0 Å². The van der Waals surface area contributed by atoms with Crippen molar-refractivity contribution in [3.8, 4) is 5.75 Å². The number of hydrogen-bond donors (Lipinski definition) is 2. The number of piperidine rings is 1. The van der Waals surface area contributed by atoms with Crippen LogP contribution in [0.25, 0.3) is 0 Å². The molecule has 0 spiro atoms. The average molecular weight is 594 g/mol. The van der Waals surface area contributed by atoms with E-state index in [0.29, 0.717) is 17.0 Å². The predicted octanol–water partition coefficient (Wildman–Crippen LogP) is 4.13. The van der Waals surface area contributed by atoms with E-state index in [4.69, 9.17) is 9.47 Å². The second kappa shape index (κ2) is 12.6. The molecule has 2 amide bonds. The summed E-state index contributed by atoms with van der Waals surface area (Å²) in [5.41, 5.74) is -0.880. The van der Waals surface area contributed by atoms with E-state index in [1.807, 2.05) is 7.05 Å². The zero-order valence-electron chi connectivity index (χ0n) is 24.5. The standard InChI is InChI=1S/C28H38F3N7O4/c1-27(2,3)42-26(40)38-14-12-37(13-15-38)23-20(28(29,30)31)17-32-25(35-23)34-21-7-6-18(16-22(21)41-5)24(39)33-19-8-10-36(4)11-9-19/h6-7,16-17,19H,8-15H2,1-5H3,(H,33,39)(H,32,34,35). The summed E-state index contributed by atoms with van der Waals surface area (Å²) in [5.74, 6) is -0.290. The van der Waals surface area contributed by atoms with Crippen LogP contribution in [0.1, 0.15) is 49.5 Å². The van der Waals surface area contributed by atoms with E-state index in [-0.39, 0.29) is 49.9 Å². The van der Waals surface area contributed by atoms with Gasteiger partial charge in [-0.15, -0.1) is 0 Å². The van der Waals surface area contributed by atoms with Gasteiger partial charge >= 0.3 is 12.3 Å². The lowest BCUT2D eigenvalue weighted by Gasteiger charge is -2.37. The normalized spacial score (nSPS) is 17.1. The number of nitrogens with one attached hydrogen (secondary N) is 2. The van der Waals surface area contributed by atoms with Gasteiger partial charge in [-0.3, -0.25) is 4.79 Å². The number of rotatable bonds is 6. The number of carbonyl (C=O) groups excluding carboxylic acids is 2. The third kappa shape index (κ3) is 7.93. The second-order valence-corrected chi connectivity index (χ2v) is 11.5. The molecule has 0 saturated carbocycles. The minimum Gasteiger partial charge on any atom is -0.495 e. The van der Waals surface area contributed by atoms with Crippen LogP contribution in [0.3, 0.4) is 0 Å². The van der Waals surface area contributed by atoms with Crippen LogP contribution < -0.4 is 20.3 Å². The number of piperazine rings is 1. The molecule has 4 rings (SSSR count). The maximum absolute atomic E-state index is 13.9. The first-order chi connectivity index (χ1) is 19.7. The number of nitrogens with zero attached hydrogens (tertiary/aromatic N) is 5. The lowest BCUT2D eigenvalue weighted by Crippen LogP contribution is -2.50. The van der Waals surface area contributed by atoms with Crippen LogP contribution >= 0.6 is 0 Å². The van der Waals surface area contributed by atoms with Crippen molar-refractivity contribution in [2.45, 2.75) is 51.4 Å². The number of ether oxygens (including phenoxy) is 2. The molecule has 0 atom stereocenters. The summed E-state index contributed by atoms with van der Waals surface area (Å²) in [4.78, 5) is 38.5. The number of methoxy groups -OCH3 is 1. The summed E-state index contributed by atoms with van der Waals surface area (Å²) in [6.07, 6.45) is -2.73. The first-order valence-corrected chi connectivity index (χ1v) is 13.8. The zero-order chi connectivity index (χ0) is 30.7. The fraction of sp³-hybridized carbons (Fsp3) is 0.571. The molecule has 1 aromatic heterocycles. The Morgan fingerprint density at radius 2 is 1.69 bits per heavy atom. The zero-order valence-corrected chi connectivity index (χ0v) is 24.5. The summed E-state index contributed by atoms with van der Waals surface area (Å²) >= 11 is 0. The summed E-state index contributed by atoms with van der Waals surface area (Å²) < 4.78 is 52.6. The number of carbonyl (C=O) groups is 2. The maximum Gasteiger partial charge on any atom is 0.421 e. The van der Waals surface area contributed by atoms with Gasteiger partial charge < -0.3 is 34.8 Å². The van der Waals surface area contributed by atoms with Crippen molar-refractivity contribution < 1.29 is 32.2 Å². The minimum absolute atomic E-state index is 0.0746. The molecule has 1 aromatic carbocycles. The predicted molar refractivity (Wildman–Crippen MR) is 151 cm³/mol. The largest absolute Gasteiger partial charge is 0.495 e. The molecule has 14 heteroatoms. The smallest absolute Gasteiger partial charge is 0.421 e. The number of benzene rings is 1. The first-order valence-electron chi connectivity index (χ1n) is 13.8. The molecule has 0 unspecified atom stereocenters. The van der Waals surface area contributed by atoms with Crippen LogP contribution in [0.4, 0.5) is 35.4 Å². The van der Waals surface area contributed by atoms with Gasteiger partial charge in [0.15, 0.2) is 0 Å². The van der Waals surface area contributed by atoms with Crippen LogP contribution in [0, 0.1) is 0 Å². The molecule has 2 aliphatic heterocycles. The van der Waals surface area contributed by atoms with Crippen LogP contribution in [0.15, 0.2) is 24.4 Å². The number of halogens is 3. The molecule has 0 bridgehead atoms. The van der Waals surface area contributed by atoms with Gasteiger partial charge in [-0.25, -0.2) is 9.78 Å². The van der Waals surface area contributed by atoms with Crippen LogP contribution in [-0.4, -0.2) is 96.8 Å². The molecule has 2 saturated heterocycles. The molecule has 0 radical (unpaired) electrons. The van der Waals surface area contributed by atoms with Crippen LogP contribution in [0.5, 0.6) is 5.75 Å². The molecule has 11 nitrogen and oxygen atoms in total. The molecule has 2 aromatic rings. The Balaban J connectivity index is 1.49. The van der Waals surface area contributed by atoms with Gasteiger partial charge in [-0.2, -0.15) is 18.2 Å². The molecular weight excluding hydrogens is 555 g/mol. The van der Waals surface area contributed by atoms with E-state index in [1.54, 1.807) is 39.0 Å². The van der Waals surface area contributed by atoms with E-state index in [2.05, 4.69) is 25.5 Å². The first kappa shape index (κ1) is 31.1. The minimum atomic E-state index is -4.68. The molecule has 3 heterocycles. The lowest BCUT2D eigenvalue weighted by atomic mass is 10.0. The molecule has 0 aliphatic carbocycles. The number of likely N-dealkylation sites (tertiary alicyclic amines) is 1. The molecule has 2 fully saturated rings. The Kier molecular flexibility index (Phi) is 9.34. The molecule has 2 N–H and O–H groups in total. The fourth-order valence-electron chi connectivity index (χ4n) is 4.78. The summed E-state index contributed by atoms with van der Waals surface area (Å²) in [7, 11) is 3.48. The number of hydrogen-bond acceptors (Lipinski definition) is 9. The van der Waals surface area contributed by atoms with Crippen molar-refractivity contribution in [3.05, 3.63) is 35.5 Å². The Labute approximate surface area is 243 Å². The van der Waals surface area contributed by atoms with Crippen molar-refractivity contribution in [2.24, 2.45) is 0 Å². The van der Waals surface area contributed by atoms with E-state index in [1.165, 1.54) is 16.9 Å². The highest BCUT2D eigenvalue weighted by Gasteiger charge is 2.38. The third-order valence-corrected chi connectivity index (χ3v) is 7.07. The van der Waals surface area contributed by atoms with Crippen molar-refractivity contribution in [1.82, 2.24) is 25.1 Å². The molecular formula is C28H38F3N7O4. The Morgan fingerprint density at radius 1 is 1.02 bits per heavy atom. The highest BCUT2D eigenvalue weighted by atomic mass is 19.4. The molecule has 2 aliphatic rings. The number of aromatic nitrogens is 2. The molecule has 42 heavy (non-hydrogen) atoms. The number of anilines is 3. The van der Waals surface area contributed by atoms with Crippen LogP contribution in [0.2, 0.25) is 0 Å². The lowest BCUT2D eigenvalue weighted by molar-refractivity contribution is -0.137. The SMILES string of the molecule is COc1cc(C(=O)NC2CCN(C)CC2)ccc1Nc1ncc(C(F)(F)F)c(N2CCN(C(=O)OC(C)(C)C)CC2)n1. The summed E-state index contributed by atoms with van der Waals surface area (Å²) in [6, 6.07) is 4.86. The second-order valence-electron chi connectivity index (χ2n) is 11.5. The van der Waals surface area contributed by atoms with Gasteiger partial charge in [-0.1, -0.05) is 0 Å². The third-order valence-electron chi connectivity index (χ3n) is 7.07. The highest BCUT2D eigenvalue weighted by Crippen LogP contribution is 2.37. The monoisotopic (exact) mass is 593 g/mol. The van der Waals surface area contributed by atoms with Crippen molar-refractivity contribution in [1.29, 1.82) is 0 Å². The van der Waals surface area contributed by atoms with Gasteiger partial charge in [0.25, 0.3) is 5.91 Å². The fourth-order valence-corrected chi connectivity index (χ4v) is 4.78. The summed E-state index contributed by atoms with van der Waals surface area (Å²) in [6.45, 7) is 7.67. The average Bonchev–Trinajstić information content (AvgIpc) is 2.93.